The van der Waals surface area contributed by atoms with Gasteiger partial charge in [0.05, 0.1) is 11.1 Å². The fourth-order valence-electron chi connectivity index (χ4n) is 4.99. The lowest BCUT2D eigenvalue weighted by Gasteiger charge is -2.30. The van der Waals surface area contributed by atoms with Crippen LogP contribution in [0.25, 0.3) is 10.9 Å². The molecule has 1 aliphatic heterocycles. The predicted molar refractivity (Wildman–Crippen MR) is 99.7 cm³/mol. The lowest BCUT2D eigenvalue weighted by atomic mass is 9.95. The summed E-state index contributed by atoms with van der Waals surface area (Å²) < 4.78 is 0. The molecule has 2 aliphatic carbocycles. The highest BCUT2D eigenvalue weighted by atomic mass is 16.2. The van der Waals surface area contributed by atoms with Crippen LogP contribution in [0.2, 0.25) is 0 Å². The fraction of sp³-hybridized carbons (Fsp3) is 0.545. The molecule has 0 radical (unpaired) electrons. The lowest BCUT2D eigenvalue weighted by molar-refractivity contribution is 0.0691. The molecule has 1 unspecified atom stereocenters. The summed E-state index contributed by atoms with van der Waals surface area (Å²) in [6, 6.07) is 10.7. The van der Waals surface area contributed by atoms with E-state index in [0.717, 1.165) is 41.0 Å². The molecule has 5 rings (SSSR count). The summed E-state index contributed by atoms with van der Waals surface area (Å²) in [5.41, 5.74) is 2.99. The van der Waals surface area contributed by atoms with E-state index in [1.54, 1.807) is 0 Å². The average molecular weight is 334 g/mol. The monoisotopic (exact) mass is 334 g/mol. The van der Waals surface area contributed by atoms with Crippen molar-refractivity contribution in [3.8, 4) is 0 Å². The fourth-order valence-corrected chi connectivity index (χ4v) is 4.99. The molecule has 2 aromatic rings. The molecule has 0 spiro atoms. The van der Waals surface area contributed by atoms with Crippen molar-refractivity contribution < 1.29 is 4.79 Å². The van der Waals surface area contributed by atoms with Crippen molar-refractivity contribution in [1.29, 1.82) is 0 Å². The number of likely N-dealkylation sites (tertiary alicyclic amines) is 1. The third-order valence-electron chi connectivity index (χ3n) is 6.47. The molecule has 25 heavy (non-hydrogen) atoms. The Morgan fingerprint density at radius 2 is 1.80 bits per heavy atom. The second-order valence-electron chi connectivity index (χ2n) is 8.14. The number of amides is 1. The summed E-state index contributed by atoms with van der Waals surface area (Å²) in [6.07, 6.45) is 10.1. The van der Waals surface area contributed by atoms with Crippen LogP contribution < -0.4 is 0 Å². The normalized spacial score (nSPS) is 24.3. The van der Waals surface area contributed by atoms with E-state index in [1.165, 1.54) is 44.9 Å². The van der Waals surface area contributed by atoms with Crippen molar-refractivity contribution >= 4 is 16.8 Å². The highest BCUT2D eigenvalue weighted by Gasteiger charge is 2.37. The van der Waals surface area contributed by atoms with Crippen molar-refractivity contribution in [3.05, 3.63) is 41.6 Å². The third kappa shape index (κ3) is 2.74. The minimum atomic E-state index is 0.245. The van der Waals surface area contributed by atoms with Gasteiger partial charge in [-0.05, 0) is 56.6 Å². The van der Waals surface area contributed by atoms with Crippen LogP contribution in [0, 0.1) is 5.92 Å². The molecule has 3 heteroatoms. The van der Waals surface area contributed by atoms with E-state index < -0.39 is 0 Å². The zero-order valence-electron chi connectivity index (χ0n) is 14.8. The van der Waals surface area contributed by atoms with Gasteiger partial charge < -0.3 is 4.90 Å². The van der Waals surface area contributed by atoms with Crippen LogP contribution in [0.1, 0.15) is 73.3 Å². The summed E-state index contributed by atoms with van der Waals surface area (Å²) in [6.45, 7) is 0.926. The van der Waals surface area contributed by atoms with Gasteiger partial charge in [0.15, 0.2) is 0 Å². The Kier molecular flexibility index (Phi) is 3.76. The lowest BCUT2D eigenvalue weighted by Crippen LogP contribution is -2.39. The number of hydrogen-bond donors (Lipinski definition) is 0. The number of carbonyl (C=O) groups excluding carboxylic acids is 1. The Hall–Kier alpha value is -1.90. The number of para-hydroxylation sites is 1. The van der Waals surface area contributed by atoms with E-state index in [2.05, 4.69) is 23.1 Å². The van der Waals surface area contributed by atoms with Crippen LogP contribution in [0.4, 0.5) is 0 Å². The first kappa shape index (κ1) is 15.4. The minimum Gasteiger partial charge on any atom is -0.335 e. The van der Waals surface area contributed by atoms with E-state index in [4.69, 9.17) is 4.98 Å². The number of fused-ring (bicyclic) bond motifs is 1. The molecule has 0 bridgehead atoms. The van der Waals surface area contributed by atoms with Crippen molar-refractivity contribution in [2.24, 2.45) is 5.92 Å². The molecule has 0 N–H and O–H groups in total. The SMILES string of the molecule is O=C(c1cc(C2CC2)nc2ccccc12)N1CCCC1C1CCCC1. The van der Waals surface area contributed by atoms with Gasteiger partial charge in [-0.2, -0.15) is 0 Å². The van der Waals surface area contributed by atoms with E-state index in [1.807, 2.05) is 12.1 Å². The quantitative estimate of drug-likeness (QED) is 0.799. The Balaban J connectivity index is 1.54. The molecule has 1 atom stereocenters. The first-order chi connectivity index (χ1) is 12.3. The highest BCUT2D eigenvalue weighted by Crippen LogP contribution is 2.41. The summed E-state index contributed by atoms with van der Waals surface area (Å²) in [5, 5.41) is 1.02. The maximum atomic E-state index is 13.5. The molecule has 1 aromatic carbocycles. The number of nitrogens with zero attached hydrogens (tertiary/aromatic N) is 2. The first-order valence-corrected chi connectivity index (χ1v) is 10.0. The Bertz CT molecular complexity index is 805. The molecule has 2 heterocycles. The van der Waals surface area contributed by atoms with Crippen molar-refractivity contribution in [2.45, 2.75) is 63.3 Å². The number of aromatic nitrogens is 1. The van der Waals surface area contributed by atoms with Gasteiger partial charge in [0.1, 0.15) is 0 Å². The zero-order valence-corrected chi connectivity index (χ0v) is 14.8. The Morgan fingerprint density at radius 1 is 1.00 bits per heavy atom. The first-order valence-electron chi connectivity index (χ1n) is 10.0. The number of pyridine rings is 1. The Morgan fingerprint density at radius 3 is 2.60 bits per heavy atom. The highest BCUT2D eigenvalue weighted by molar-refractivity contribution is 6.06. The molecule has 130 valence electrons. The molecule has 3 aliphatic rings. The van der Waals surface area contributed by atoms with Crippen LogP contribution in [0.5, 0.6) is 0 Å². The maximum absolute atomic E-state index is 13.5. The molecular weight excluding hydrogens is 308 g/mol. The van der Waals surface area contributed by atoms with Gasteiger partial charge in [-0.3, -0.25) is 9.78 Å². The van der Waals surface area contributed by atoms with Crippen LogP contribution in [-0.4, -0.2) is 28.4 Å². The molecule has 1 amide bonds. The largest absolute Gasteiger partial charge is 0.335 e. The molecule has 1 aromatic heterocycles. The van der Waals surface area contributed by atoms with Crippen LogP contribution >= 0.6 is 0 Å². The smallest absolute Gasteiger partial charge is 0.254 e. The van der Waals surface area contributed by atoms with Gasteiger partial charge in [0.2, 0.25) is 0 Å². The van der Waals surface area contributed by atoms with Gasteiger partial charge in [-0.15, -0.1) is 0 Å². The van der Waals surface area contributed by atoms with Gasteiger partial charge in [0.25, 0.3) is 5.91 Å². The summed E-state index contributed by atoms with van der Waals surface area (Å²) >= 11 is 0. The summed E-state index contributed by atoms with van der Waals surface area (Å²) in [5.74, 6) is 1.54. The van der Waals surface area contributed by atoms with E-state index >= 15 is 0 Å². The second-order valence-corrected chi connectivity index (χ2v) is 8.14. The number of carbonyl (C=O) groups is 1. The van der Waals surface area contributed by atoms with Crippen molar-refractivity contribution in [1.82, 2.24) is 9.88 Å². The van der Waals surface area contributed by atoms with Crippen LogP contribution in [0.3, 0.4) is 0 Å². The molecule has 2 saturated carbocycles. The maximum Gasteiger partial charge on any atom is 0.254 e. The zero-order chi connectivity index (χ0) is 16.8. The molecule has 3 fully saturated rings. The Labute approximate surface area is 149 Å². The topological polar surface area (TPSA) is 33.2 Å². The predicted octanol–water partition coefficient (Wildman–Crippen LogP) is 4.91. The van der Waals surface area contributed by atoms with Gasteiger partial charge in [-0.25, -0.2) is 0 Å². The van der Waals surface area contributed by atoms with Crippen LogP contribution in [0.15, 0.2) is 30.3 Å². The number of rotatable bonds is 3. The summed E-state index contributed by atoms with van der Waals surface area (Å²) in [4.78, 5) is 20.6. The van der Waals surface area contributed by atoms with E-state index in [-0.39, 0.29) is 5.91 Å². The summed E-state index contributed by atoms with van der Waals surface area (Å²) in [7, 11) is 0. The molecule has 1 saturated heterocycles. The van der Waals surface area contributed by atoms with E-state index in [0.29, 0.717) is 12.0 Å². The average Bonchev–Trinajstić information content (AvgIpc) is 3.15. The second kappa shape index (κ2) is 6.12. The van der Waals surface area contributed by atoms with E-state index in [9.17, 15) is 4.79 Å². The van der Waals surface area contributed by atoms with Crippen molar-refractivity contribution in [3.63, 3.8) is 0 Å². The molecule has 3 nitrogen and oxygen atoms in total. The minimum absolute atomic E-state index is 0.245. The standard InChI is InChI=1S/C22H26N2O/c25-22(24-13-5-10-21(24)16-6-1-2-7-16)18-14-20(15-11-12-15)23-19-9-4-3-8-17(18)19/h3-4,8-9,14-16,21H,1-2,5-7,10-13H2. The van der Waals surface area contributed by atoms with Crippen LogP contribution in [-0.2, 0) is 0 Å². The van der Waals surface area contributed by atoms with Gasteiger partial charge in [0, 0.05) is 29.6 Å². The third-order valence-corrected chi connectivity index (χ3v) is 6.47. The number of benzene rings is 1. The van der Waals surface area contributed by atoms with Gasteiger partial charge >= 0.3 is 0 Å². The van der Waals surface area contributed by atoms with Gasteiger partial charge in [-0.1, -0.05) is 31.0 Å². The molecular formula is C22H26N2O. The number of hydrogen-bond acceptors (Lipinski definition) is 2. The van der Waals surface area contributed by atoms with Crippen molar-refractivity contribution in [2.75, 3.05) is 6.54 Å².